The molecule has 3 aromatic rings. The van der Waals surface area contributed by atoms with Crippen LogP contribution in [0, 0.1) is 0 Å². The highest BCUT2D eigenvalue weighted by Gasteiger charge is 2.18. The van der Waals surface area contributed by atoms with Crippen molar-refractivity contribution in [1.29, 1.82) is 0 Å². The molecule has 1 aliphatic carbocycles. The molecule has 0 bridgehead atoms. The molecular formula is C24H27N3O4S. The first kappa shape index (κ1) is 22.0. The largest absolute Gasteiger partial charge is 0.493 e. The molecule has 0 radical (unpaired) electrons. The third-order valence-electron chi connectivity index (χ3n) is 5.29. The van der Waals surface area contributed by atoms with Gasteiger partial charge in [0.15, 0.2) is 11.5 Å². The van der Waals surface area contributed by atoms with Gasteiger partial charge in [0.05, 0.1) is 31.4 Å². The van der Waals surface area contributed by atoms with Gasteiger partial charge in [-0.25, -0.2) is 8.42 Å². The quantitative estimate of drug-likeness (QED) is 0.488. The van der Waals surface area contributed by atoms with Gasteiger partial charge in [-0.3, -0.25) is 9.71 Å². The van der Waals surface area contributed by atoms with Crippen LogP contribution in [0.5, 0.6) is 11.5 Å². The van der Waals surface area contributed by atoms with Crippen molar-refractivity contribution in [3.05, 3.63) is 60.9 Å². The summed E-state index contributed by atoms with van der Waals surface area (Å²) in [4.78, 5) is 4.34. The Bertz CT molecular complexity index is 1190. The molecule has 2 aromatic carbocycles. The summed E-state index contributed by atoms with van der Waals surface area (Å²) in [7, 11) is -1.70. The average Bonchev–Trinajstić information content (AvgIpc) is 3.26. The maximum Gasteiger partial charge on any atom is 0.229 e. The molecule has 8 heteroatoms. The molecule has 32 heavy (non-hydrogen) atoms. The molecule has 0 amide bonds. The Morgan fingerprint density at radius 2 is 1.69 bits per heavy atom. The summed E-state index contributed by atoms with van der Waals surface area (Å²) in [6, 6.07) is 14.9. The highest BCUT2D eigenvalue weighted by molar-refractivity contribution is 7.92. The van der Waals surface area contributed by atoms with E-state index in [1.165, 1.54) is 12.8 Å². The van der Waals surface area contributed by atoms with Crippen molar-refractivity contribution in [3.63, 3.8) is 0 Å². The van der Waals surface area contributed by atoms with Crippen LogP contribution in [0.25, 0.3) is 11.1 Å². The molecule has 0 spiro atoms. The Morgan fingerprint density at radius 1 is 0.906 bits per heavy atom. The minimum atomic E-state index is -3.34. The van der Waals surface area contributed by atoms with Crippen LogP contribution >= 0.6 is 0 Å². The maximum atomic E-state index is 11.5. The zero-order valence-electron chi connectivity index (χ0n) is 18.2. The second-order valence-electron chi connectivity index (χ2n) is 7.93. The van der Waals surface area contributed by atoms with E-state index in [0.29, 0.717) is 11.4 Å². The fourth-order valence-corrected chi connectivity index (χ4v) is 4.40. The van der Waals surface area contributed by atoms with E-state index >= 15 is 0 Å². The number of benzene rings is 2. The lowest BCUT2D eigenvalue weighted by Crippen LogP contribution is -2.11. The number of hydrogen-bond acceptors (Lipinski definition) is 6. The Balaban J connectivity index is 1.55. The number of ether oxygens (including phenoxy) is 2. The Kier molecular flexibility index (Phi) is 6.50. The summed E-state index contributed by atoms with van der Waals surface area (Å²) >= 11 is 0. The minimum absolute atomic E-state index is 0.233. The predicted octanol–water partition coefficient (Wildman–Crippen LogP) is 5.19. The summed E-state index contributed by atoms with van der Waals surface area (Å²) < 4.78 is 37.2. The minimum Gasteiger partial charge on any atom is -0.493 e. The van der Waals surface area contributed by atoms with E-state index in [1.807, 2.05) is 30.3 Å². The average molecular weight is 454 g/mol. The van der Waals surface area contributed by atoms with Crippen LogP contribution in [0.1, 0.15) is 25.7 Å². The van der Waals surface area contributed by atoms with Crippen LogP contribution in [0.2, 0.25) is 0 Å². The SMILES string of the molecule is COc1ccc(Nc2cncc(-c3cccc(NS(C)(=O)=O)c3)c2)cc1OC1CCCC1. The molecule has 0 atom stereocenters. The summed E-state index contributed by atoms with van der Waals surface area (Å²) in [6.07, 6.45) is 9.38. The lowest BCUT2D eigenvalue weighted by molar-refractivity contribution is 0.201. The molecule has 2 N–H and O–H groups in total. The summed E-state index contributed by atoms with van der Waals surface area (Å²) in [6.45, 7) is 0. The highest BCUT2D eigenvalue weighted by Crippen LogP contribution is 2.35. The van der Waals surface area contributed by atoms with Gasteiger partial charge in [-0.1, -0.05) is 12.1 Å². The monoisotopic (exact) mass is 453 g/mol. The summed E-state index contributed by atoms with van der Waals surface area (Å²) in [5, 5.41) is 3.37. The van der Waals surface area contributed by atoms with Gasteiger partial charge < -0.3 is 14.8 Å². The molecule has 7 nitrogen and oxygen atoms in total. The standard InChI is InChI=1S/C24H27N3O4S/c1-30-23-11-10-19(14-24(23)31-22-8-3-4-9-22)26-21-13-18(15-25-16-21)17-6-5-7-20(12-17)27-32(2,28)29/h5-7,10-16,22,26-27H,3-4,8-9H2,1-2H3. The molecule has 4 rings (SSSR count). The van der Waals surface area contributed by atoms with Gasteiger partial charge in [-0.05, 0) is 61.6 Å². The molecule has 1 heterocycles. The zero-order chi connectivity index (χ0) is 22.6. The van der Waals surface area contributed by atoms with Gasteiger partial charge in [0.2, 0.25) is 10.0 Å². The maximum absolute atomic E-state index is 11.5. The smallest absolute Gasteiger partial charge is 0.229 e. The number of sulfonamides is 1. The number of anilines is 3. The number of methoxy groups -OCH3 is 1. The lowest BCUT2D eigenvalue weighted by Gasteiger charge is -2.17. The van der Waals surface area contributed by atoms with Crippen molar-refractivity contribution in [3.8, 4) is 22.6 Å². The van der Waals surface area contributed by atoms with Crippen molar-refractivity contribution in [2.75, 3.05) is 23.4 Å². The molecule has 1 aliphatic rings. The summed E-state index contributed by atoms with van der Waals surface area (Å²) in [5.74, 6) is 1.44. The molecule has 0 unspecified atom stereocenters. The Labute approximate surface area is 188 Å². The normalized spacial score (nSPS) is 14.2. The molecule has 1 saturated carbocycles. The van der Waals surface area contributed by atoms with Crippen LogP contribution in [0.4, 0.5) is 17.1 Å². The lowest BCUT2D eigenvalue weighted by atomic mass is 10.1. The van der Waals surface area contributed by atoms with E-state index in [9.17, 15) is 8.42 Å². The van der Waals surface area contributed by atoms with Crippen molar-refractivity contribution >= 4 is 27.1 Å². The first-order valence-electron chi connectivity index (χ1n) is 10.5. The second kappa shape index (κ2) is 9.48. The molecule has 168 valence electrons. The van der Waals surface area contributed by atoms with Crippen molar-refractivity contribution in [2.24, 2.45) is 0 Å². The molecule has 1 fully saturated rings. The Morgan fingerprint density at radius 3 is 2.44 bits per heavy atom. The number of nitrogens with zero attached hydrogens (tertiary/aromatic N) is 1. The van der Waals surface area contributed by atoms with Gasteiger partial charge in [-0.15, -0.1) is 0 Å². The van der Waals surface area contributed by atoms with Gasteiger partial charge in [-0.2, -0.15) is 0 Å². The van der Waals surface area contributed by atoms with Crippen molar-refractivity contribution in [2.45, 2.75) is 31.8 Å². The van der Waals surface area contributed by atoms with E-state index in [-0.39, 0.29) is 6.10 Å². The first-order valence-corrected chi connectivity index (χ1v) is 12.4. The topological polar surface area (TPSA) is 89.5 Å². The van der Waals surface area contributed by atoms with Crippen molar-refractivity contribution < 1.29 is 17.9 Å². The van der Waals surface area contributed by atoms with Crippen LogP contribution in [-0.4, -0.2) is 32.9 Å². The Hall–Kier alpha value is -3.26. The van der Waals surface area contributed by atoms with Gasteiger partial charge in [0.1, 0.15) is 0 Å². The number of aromatic nitrogens is 1. The van der Waals surface area contributed by atoms with Crippen LogP contribution in [0.15, 0.2) is 60.9 Å². The van der Waals surface area contributed by atoms with Crippen LogP contribution < -0.4 is 19.5 Å². The molecule has 1 aromatic heterocycles. The third kappa shape index (κ3) is 5.70. The number of nitrogens with one attached hydrogen (secondary N) is 2. The molecule has 0 saturated heterocycles. The van der Waals surface area contributed by atoms with E-state index in [4.69, 9.17) is 9.47 Å². The van der Waals surface area contributed by atoms with E-state index in [2.05, 4.69) is 15.0 Å². The fourth-order valence-electron chi connectivity index (χ4n) is 3.84. The first-order chi connectivity index (χ1) is 15.4. The van der Waals surface area contributed by atoms with Gasteiger partial charge in [0, 0.05) is 29.2 Å². The van der Waals surface area contributed by atoms with E-state index in [1.54, 1.807) is 37.7 Å². The fraction of sp³-hybridized carbons (Fsp3) is 0.292. The van der Waals surface area contributed by atoms with Crippen LogP contribution in [0.3, 0.4) is 0 Å². The zero-order valence-corrected chi connectivity index (χ0v) is 19.0. The highest BCUT2D eigenvalue weighted by atomic mass is 32.2. The van der Waals surface area contributed by atoms with Gasteiger partial charge in [0.25, 0.3) is 0 Å². The van der Waals surface area contributed by atoms with Crippen molar-refractivity contribution in [1.82, 2.24) is 4.98 Å². The molecular weight excluding hydrogens is 426 g/mol. The van der Waals surface area contributed by atoms with Crippen LogP contribution in [-0.2, 0) is 10.0 Å². The van der Waals surface area contributed by atoms with Gasteiger partial charge >= 0.3 is 0 Å². The number of rotatable bonds is 8. The third-order valence-corrected chi connectivity index (χ3v) is 5.89. The number of pyridine rings is 1. The van der Waals surface area contributed by atoms with E-state index < -0.39 is 10.0 Å². The van der Waals surface area contributed by atoms with E-state index in [0.717, 1.165) is 47.3 Å². The molecule has 0 aliphatic heterocycles. The number of hydrogen-bond donors (Lipinski definition) is 2. The predicted molar refractivity (Wildman–Crippen MR) is 127 cm³/mol. The second-order valence-corrected chi connectivity index (χ2v) is 9.68. The summed E-state index contributed by atoms with van der Waals surface area (Å²) in [5.41, 5.74) is 3.90.